The van der Waals surface area contributed by atoms with Crippen molar-refractivity contribution < 1.29 is 9.42 Å². The van der Waals surface area contributed by atoms with Crippen molar-refractivity contribution in [3.05, 3.63) is 74.5 Å². The lowest BCUT2D eigenvalue weighted by Gasteiger charge is -2.10. The van der Waals surface area contributed by atoms with Crippen molar-refractivity contribution in [2.45, 2.75) is 6.92 Å². The first kappa shape index (κ1) is 19.7. The average Bonchev–Trinajstić information content (AvgIpc) is 3.35. The van der Waals surface area contributed by atoms with Crippen molar-refractivity contribution in [1.29, 1.82) is 0 Å². The van der Waals surface area contributed by atoms with E-state index in [4.69, 9.17) is 4.63 Å². The fourth-order valence-electron chi connectivity index (χ4n) is 2.69. The fraction of sp³-hybridized carbons (Fsp3) is 0.0500. The van der Waals surface area contributed by atoms with Gasteiger partial charge in [0.2, 0.25) is 5.82 Å². The second-order valence-electron chi connectivity index (χ2n) is 6.20. The lowest BCUT2D eigenvalue weighted by Crippen LogP contribution is -2.12. The van der Waals surface area contributed by atoms with Gasteiger partial charge >= 0.3 is 0 Å². The van der Waals surface area contributed by atoms with Crippen LogP contribution in [0.25, 0.3) is 15.8 Å². The van der Waals surface area contributed by atoms with Crippen LogP contribution in [0, 0.1) is 6.92 Å². The quantitative estimate of drug-likeness (QED) is 0.303. The minimum atomic E-state index is -0.278. The summed E-state index contributed by atoms with van der Waals surface area (Å²) in [5, 5.41) is 16.3. The van der Waals surface area contributed by atoms with E-state index in [1.165, 1.54) is 11.3 Å². The lowest BCUT2D eigenvalue weighted by molar-refractivity contribution is 0.102. The standard InChI is InChI=1S/C20H15BrN4O2S2/c1-11-6-7-13(9-14(11)21)22-15(10-28)18-19(25-27-24-18)23-20(26)17-8-12-4-2-3-5-16(12)29-17/h2-10,22,28H,1H3,(H,23,25,26)/b15-10-. The number of fused-ring (bicyclic) bond motifs is 1. The van der Waals surface area contributed by atoms with Crippen LogP contribution in [0.15, 0.2) is 63.0 Å². The highest BCUT2D eigenvalue weighted by atomic mass is 79.9. The Labute approximate surface area is 184 Å². The Morgan fingerprint density at radius 3 is 2.76 bits per heavy atom. The van der Waals surface area contributed by atoms with E-state index in [-0.39, 0.29) is 11.7 Å². The number of aryl methyl sites for hydroxylation is 1. The van der Waals surface area contributed by atoms with Crippen LogP contribution in [0.2, 0.25) is 0 Å². The summed E-state index contributed by atoms with van der Waals surface area (Å²) in [6.45, 7) is 2.01. The van der Waals surface area contributed by atoms with Gasteiger partial charge in [-0.1, -0.05) is 40.2 Å². The number of hydrogen-bond acceptors (Lipinski definition) is 7. The zero-order chi connectivity index (χ0) is 20.4. The zero-order valence-corrected chi connectivity index (χ0v) is 18.4. The number of carbonyl (C=O) groups excluding carboxylic acids is 1. The zero-order valence-electron chi connectivity index (χ0n) is 15.1. The SMILES string of the molecule is Cc1ccc(N/C(=C\S)c2nonc2NC(=O)c2cc3ccccc3s2)cc1Br. The van der Waals surface area contributed by atoms with Crippen molar-refractivity contribution in [2.24, 2.45) is 0 Å². The summed E-state index contributed by atoms with van der Waals surface area (Å²) in [5.41, 5.74) is 2.84. The van der Waals surface area contributed by atoms with Crippen LogP contribution in [0.3, 0.4) is 0 Å². The number of nitrogens with zero attached hydrogens (tertiary/aromatic N) is 2. The number of benzene rings is 2. The molecule has 2 N–H and O–H groups in total. The van der Waals surface area contributed by atoms with Crippen LogP contribution in [0.1, 0.15) is 20.9 Å². The molecule has 146 valence electrons. The van der Waals surface area contributed by atoms with Crippen LogP contribution in [-0.4, -0.2) is 16.2 Å². The Kier molecular flexibility index (Phi) is 5.70. The van der Waals surface area contributed by atoms with E-state index < -0.39 is 0 Å². The van der Waals surface area contributed by atoms with E-state index in [1.807, 2.05) is 55.5 Å². The van der Waals surface area contributed by atoms with Gasteiger partial charge in [-0.25, -0.2) is 4.63 Å². The maximum atomic E-state index is 12.7. The van der Waals surface area contributed by atoms with E-state index >= 15 is 0 Å². The number of rotatable bonds is 5. The molecule has 0 aliphatic rings. The molecule has 0 bridgehead atoms. The number of aromatic nitrogens is 2. The first-order valence-electron chi connectivity index (χ1n) is 8.55. The van der Waals surface area contributed by atoms with Gasteiger partial charge < -0.3 is 10.6 Å². The predicted octanol–water partition coefficient (Wildman–Crippen LogP) is 5.95. The molecule has 0 radical (unpaired) electrons. The minimum absolute atomic E-state index is 0.214. The van der Waals surface area contributed by atoms with Gasteiger partial charge in [-0.15, -0.1) is 24.0 Å². The molecule has 0 atom stereocenters. The Morgan fingerprint density at radius 1 is 1.17 bits per heavy atom. The summed E-state index contributed by atoms with van der Waals surface area (Å²) < 4.78 is 6.88. The van der Waals surface area contributed by atoms with E-state index in [9.17, 15) is 4.79 Å². The predicted molar refractivity (Wildman–Crippen MR) is 124 cm³/mol. The molecule has 2 aromatic heterocycles. The highest BCUT2D eigenvalue weighted by Gasteiger charge is 2.19. The van der Waals surface area contributed by atoms with E-state index in [0.29, 0.717) is 16.3 Å². The topological polar surface area (TPSA) is 80.1 Å². The largest absolute Gasteiger partial charge is 0.353 e. The summed E-state index contributed by atoms with van der Waals surface area (Å²) >= 11 is 9.19. The van der Waals surface area contributed by atoms with Gasteiger partial charge in [0.25, 0.3) is 5.91 Å². The van der Waals surface area contributed by atoms with Crippen LogP contribution < -0.4 is 10.6 Å². The van der Waals surface area contributed by atoms with Crippen LogP contribution >= 0.6 is 39.9 Å². The van der Waals surface area contributed by atoms with Gasteiger partial charge in [0, 0.05) is 14.9 Å². The number of thiol groups is 1. The number of carbonyl (C=O) groups is 1. The van der Waals surface area contributed by atoms with Crippen molar-refractivity contribution in [2.75, 3.05) is 10.6 Å². The molecule has 0 spiro atoms. The Bertz CT molecular complexity index is 1200. The smallest absolute Gasteiger partial charge is 0.267 e. The third-order valence-electron chi connectivity index (χ3n) is 4.20. The number of halogens is 1. The highest BCUT2D eigenvalue weighted by Crippen LogP contribution is 2.29. The molecule has 1 amide bonds. The number of nitrogens with one attached hydrogen (secondary N) is 2. The molecule has 0 fully saturated rings. The average molecular weight is 487 g/mol. The first-order chi connectivity index (χ1) is 14.0. The normalized spacial score (nSPS) is 11.6. The van der Waals surface area contributed by atoms with Gasteiger partial charge in [-0.2, -0.15) is 0 Å². The van der Waals surface area contributed by atoms with E-state index in [0.717, 1.165) is 25.8 Å². The lowest BCUT2D eigenvalue weighted by atomic mass is 10.2. The number of amides is 1. The number of anilines is 2. The van der Waals surface area contributed by atoms with Crippen LogP contribution in [0.4, 0.5) is 11.5 Å². The van der Waals surface area contributed by atoms with Crippen LogP contribution in [-0.2, 0) is 0 Å². The van der Waals surface area contributed by atoms with Crippen molar-refractivity contribution >= 4 is 73.1 Å². The van der Waals surface area contributed by atoms with Gasteiger partial charge in [0.1, 0.15) is 0 Å². The minimum Gasteiger partial charge on any atom is -0.353 e. The molecule has 0 saturated carbocycles. The summed E-state index contributed by atoms with van der Waals surface area (Å²) in [5.74, 6) is -0.0637. The maximum Gasteiger partial charge on any atom is 0.267 e. The molecule has 2 aromatic carbocycles. The number of thiophene rings is 1. The molecule has 6 nitrogen and oxygen atoms in total. The highest BCUT2D eigenvalue weighted by molar-refractivity contribution is 9.10. The molecule has 2 heterocycles. The molecular formula is C20H15BrN4O2S2. The summed E-state index contributed by atoms with van der Waals surface area (Å²) in [6, 6.07) is 15.5. The van der Waals surface area contributed by atoms with Crippen molar-refractivity contribution in [3.63, 3.8) is 0 Å². The van der Waals surface area contributed by atoms with Crippen molar-refractivity contribution in [3.8, 4) is 0 Å². The monoisotopic (exact) mass is 486 g/mol. The Morgan fingerprint density at radius 2 is 2.00 bits per heavy atom. The molecule has 29 heavy (non-hydrogen) atoms. The second kappa shape index (κ2) is 8.40. The van der Waals surface area contributed by atoms with Gasteiger partial charge in [-0.05, 0) is 57.9 Å². The van der Waals surface area contributed by atoms with E-state index in [2.05, 4.69) is 49.5 Å². The summed E-state index contributed by atoms with van der Waals surface area (Å²) in [7, 11) is 0. The third-order valence-corrected chi connectivity index (χ3v) is 6.43. The molecule has 0 aliphatic heterocycles. The van der Waals surface area contributed by atoms with Crippen LogP contribution in [0.5, 0.6) is 0 Å². The molecule has 4 rings (SSSR count). The molecule has 9 heteroatoms. The second-order valence-corrected chi connectivity index (χ2v) is 8.39. The van der Waals surface area contributed by atoms with E-state index in [1.54, 1.807) is 5.41 Å². The Balaban J connectivity index is 1.56. The molecule has 0 unspecified atom stereocenters. The summed E-state index contributed by atoms with van der Waals surface area (Å²) in [4.78, 5) is 13.3. The molecule has 4 aromatic rings. The molecular weight excluding hydrogens is 472 g/mol. The first-order valence-corrected chi connectivity index (χ1v) is 10.7. The van der Waals surface area contributed by atoms with Gasteiger partial charge in [-0.3, -0.25) is 4.79 Å². The third kappa shape index (κ3) is 4.21. The van der Waals surface area contributed by atoms with Gasteiger partial charge in [0.05, 0.1) is 10.6 Å². The van der Waals surface area contributed by atoms with Gasteiger partial charge in [0.15, 0.2) is 5.69 Å². The molecule has 0 saturated heterocycles. The maximum absolute atomic E-state index is 12.7. The van der Waals surface area contributed by atoms with Crippen molar-refractivity contribution in [1.82, 2.24) is 10.3 Å². The summed E-state index contributed by atoms with van der Waals surface area (Å²) in [6.07, 6.45) is 0. The molecule has 0 aliphatic carbocycles. The number of hydrogen-bond donors (Lipinski definition) is 3. The Hall–Kier alpha value is -2.62. The fourth-order valence-corrected chi connectivity index (χ4v) is 4.21.